The van der Waals surface area contributed by atoms with Gasteiger partial charge in [0.05, 0.1) is 12.2 Å². The predicted octanol–water partition coefficient (Wildman–Crippen LogP) is 5.04. The van der Waals surface area contributed by atoms with Gasteiger partial charge in [-0.2, -0.15) is 13.2 Å². The number of halogens is 4. The molecule has 1 rings (SSSR count). The molecule has 0 aromatic heterocycles. The maximum absolute atomic E-state index is 12.7. The Kier molecular flexibility index (Phi) is 5.99. The lowest BCUT2D eigenvalue weighted by atomic mass is 10.2. The van der Waals surface area contributed by atoms with Gasteiger partial charge in [-0.1, -0.05) is 35.0 Å². The first-order chi connectivity index (χ1) is 8.45. The molecule has 102 valence electrons. The van der Waals surface area contributed by atoms with Gasteiger partial charge in [0.25, 0.3) is 0 Å². The van der Waals surface area contributed by atoms with Crippen molar-refractivity contribution in [1.29, 1.82) is 0 Å². The summed E-state index contributed by atoms with van der Waals surface area (Å²) in [5, 5.41) is 0. The molecule has 18 heavy (non-hydrogen) atoms. The number of ether oxygens (including phenoxy) is 1. The van der Waals surface area contributed by atoms with E-state index in [9.17, 15) is 13.2 Å². The first-order valence-electron chi connectivity index (χ1n) is 5.88. The van der Waals surface area contributed by atoms with E-state index in [1.807, 2.05) is 0 Å². The average molecular weight is 325 g/mol. The van der Waals surface area contributed by atoms with Gasteiger partial charge in [0.2, 0.25) is 0 Å². The third kappa shape index (κ3) is 4.88. The van der Waals surface area contributed by atoms with Crippen molar-refractivity contribution in [3.63, 3.8) is 0 Å². The first kappa shape index (κ1) is 15.3. The van der Waals surface area contributed by atoms with Crippen LogP contribution in [-0.2, 0) is 6.18 Å². The zero-order valence-electron chi connectivity index (χ0n) is 10.1. The van der Waals surface area contributed by atoms with Gasteiger partial charge in [0.15, 0.2) is 0 Å². The lowest BCUT2D eigenvalue weighted by Gasteiger charge is -2.14. The molecule has 1 unspecified atom stereocenters. The predicted molar refractivity (Wildman–Crippen MR) is 69.2 cm³/mol. The van der Waals surface area contributed by atoms with Crippen LogP contribution in [0.15, 0.2) is 24.3 Å². The zero-order chi connectivity index (χ0) is 13.6. The number of alkyl halides is 4. The Morgan fingerprint density at radius 1 is 1.28 bits per heavy atom. The third-order valence-corrected chi connectivity index (χ3v) is 3.66. The van der Waals surface area contributed by atoms with Gasteiger partial charge in [-0.15, -0.1) is 0 Å². The zero-order valence-corrected chi connectivity index (χ0v) is 11.7. The standard InChI is InChI=1S/C13H16BrF3O/c1-2-10(14)6-5-9-18-12-8-4-3-7-11(12)13(15,16)17/h3-4,7-8,10H,2,5-6,9H2,1H3. The van der Waals surface area contributed by atoms with E-state index in [-0.39, 0.29) is 5.75 Å². The van der Waals surface area contributed by atoms with E-state index in [0.717, 1.165) is 25.3 Å². The van der Waals surface area contributed by atoms with Crippen molar-refractivity contribution < 1.29 is 17.9 Å². The second kappa shape index (κ2) is 7.02. The summed E-state index contributed by atoms with van der Waals surface area (Å²) in [4.78, 5) is 0.402. The van der Waals surface area contributed by atoms with Crippen LogP contribution in [0.3, 0.4) is 0 Å². The highest BCUT2D eigenvalue weighted by Crippen LogP contribution is 2.35. The average Bonchev–Trinajstić information content (AvgIpc) is 2.33. The molecule has 1 atom stereocenters. The van der Waals surface area contributed by atoms with Crippen LogP contribution in [0, 0.1) is 0 Å². The third-order valence-electron chi connectivity index (χ3n) is 2.55. The van der Waals surface area contributed by atoms with Gasteiger partial charge in [0, 0.05) is 4.83 Å². The minimum atomic E-state index is -4.36. The van der Waals surface area contributed by atoms with Crippen molar-refractivity contribution in [1.82, 2.24) is 0 Å². The molecule has 0 bridgehead atoms. The van der Waals surface area contributed by atoms with Crippen molar-refractivity contribution in [2.75, 3.05) is 6.61 Å². The van der Waals surface area contributed by atoms with Crippen LogP contribution >= 0.6 is 15.9 Å². The SMILES string of the molecule is CCC(Br)CCCOc1ccccc1C(F)(F)F. The Balaban J connectivity index is 2.52. The number of rotatable bonds is 6. The summed E-state index contributed by atoms with van der Waals surface area (Å²) in [6.45, 7) is 2.36. The summed E-state index contributed by atoms with van der Waals surface area (Å²) in [5.41, 5.74) is -0.712. The molecule has 0 aliphatic heterocycles. The van der Waals surface area contributed by atoms with Crippen molar-refractivity contribution in [3.8, 4) is 5.75 Å². The quantitative estimate of drug-likeness (QED) is 0.526. The molecule has 1 aromatic rings. The Morgan fingerprint density at radius 3 is 2.56 bits per heavy atom. The second-order valence-corrected chi connectivity index (χ2v) is 5.29. The molecule has 0 spiro atoms. The van der Waals surface area contributed by atoms with E-state index < -0.39 is 11.7 Å². The van der Waals surface area contributed by atoms with E-state index in [4.69, 9.17) is 4.74 Å². The van der Waals surface area contributed by atoms with Gasteiger partial charge >= 0.3 is 6.18 Å². The fourth-order valence-electron chi connectivity index (χ4n) is 1.52. The highest BCUT2D eigenvalue weighted by Gasteiger charge is 2.33. The maximum Gasteiger partial charge on any atom is 0.419 e. The highest BCUT2D eigenvalue weighted by atomic mass is 79.9. The summed E-state index contributed by atoms with van der Waals surface area (Å²) >= 11 is 3.47. The molecule has 0 saturated carbocycles. The number of benzene rings is 1. The lowest BCUT2D eigenvalue weighted by molar-refractivity contribution is -0.138. The maximum atomic E-state index is 12.7. The van der Waals surface area contributed by atoms with Crippen LogP contribution in [0.2, 0.25) is 0 Å². The fraction of sp³-hybridized carbons (Fsp3) is 0.538. The van der Waals surface area contributed by atoms with Crippen LogP contribution < -0.4 is 4.74 Å². The Bertz CT molecular complexity index is 365. The Morgan fingerprint density at radius 2 is 1.94 bits per heavy atom. The molecule has 0 aliphatic rings. The molecule has 0 radical (unpaired) electrons. The van der Waals surface area contributed by atoms with E-state index in [2.05, 4.69) is 22.9 Å². The van der Waals surface area contributed by atoms with E-state index >= 15 is 0 Å². The van der Waals surface area contributed by atoms with Gasteiger partial charge in [-0.25, -0.2) is 0 Å². The van der Waals surface area contributed by atoms with Crippen LogP contribution in [0.1, 0.15) is 31.7 Å². The van der Waals surface area contributed by atoms with Crippen molar-refractivity contribution in [2.24, 2.45) is 0 Å². The lowest BCUT2D eigenvalue weighted by Crippen LogP contribution is -2.09. The molecule has 5 heteroatoms. The minimum absolute atomic E-state index is 0.0902. The minimum Gasteiger partial charge on any atom is -0.493 e. The summed E-state index contributed by atoms with van der Waals surface area (Å²) in [6, 6.07) is 5.30. The molecule has 1 nitrogen and oxygen atoms in total. The van der Waals surface area contributed by atoms with E-state index in [0.29, 0.717) is 11.4 Å². The number of hydrogen-bond acceptors (Lipinski definition) is 1. The summed E-state index contributed by atoms with van der Waals surface area (Å²) in [7, 11) is 0. The van der Waals surface area contributed by atoms with Crippen molar-refractivity contribution >= 4 is 15.9 Å². The molecular weight excluding hydrogens is 309 g/mol. The van der Waals surface area contributed by atoms with Crippen molar-refractivity contribution in [2.45, 2.75) is 37.2 Å². The van der Waals surface area contributed by atoms with Crippen molar-refractivity contribution in [3.05, 3.63) is 29.8 Å². The Hall–Kier alpha value is -0.710. The molecule has 1 aromatic carbocycles. The topological polar surface area (TPSA) is 9.23 Å². The van der Waals surface area contributed by atoms with Crippen LogP contribution in [0.25, 0.3) is 0 Å². The molecule has 0 heterocycles. The smallest absolute Gasteiger partial charge is 0.419 e. The van der Waals surface area contributed by atoms with Gasteiger partial charge < -0.3 is 4.74 Å². The number of para-hydroxylation sites is 1. The van der Waals surface area contributed by atoms with Gasteiger partial charge in [-0.3, -0.25) is 0 Å². The van der Waals surface area contributed by atoms with Gasteiger partial charge in [-0.05, 0) is 31.4 Å². The fourth-order valence-corrected chi connectivity index (χ4v) is 1.84. The summed E-state index contributed by atoms with van der Waals surface area (Å²) in [6.07, 6.45) is -1.74. The molecular formula is C13H16BrF3O. The van der Waals surface area contributed by atoms with Crippen LogP contribution in [0.5, 0.6) is 5.75 Å². The monoisotopic (exact) mass is 324 g/mol. The second-order valence-electron chi connectivity index (χ2n) is 3.99. The van der Waals surface area contributed by atoms with E-state index in [1.54, 1.807) is 6.07 Å². The molecule has 0 saturated heterocycles. The van der Waals surface area contributed by atoms with Crippen LogP contribution in [-0.4, -0.2) is 11.4 Å². The Labute approximate surface area is 113 Å². The van der Waals surface area contributed by atoms with E-state index in [1.165, 1.54) is 12.1 Å². The first-order valence-corrected chi connectivity index (χ1v) is 6.79. The van der Waals surface area contributed by atoms with Crippen LogP contribution in [0.4, 0.5) is 13.2 Å². The normalized spacial score (nSPS) is 13.4. The highest BCUT2D eigenvalue weighted by molar-refractivity contribution is 9.09. The summed E-state index contributed by atoms with van der Waals surface area (Å²) < 4.78 is 43.2. The molecule has 0 N–H and O–H groups in total. The molecule has 0 fully saturated rings. The number of hydrogen-bond donors (Lipinski definition) is 0. The van der Waals surface area contributed by atoms with Gasteiger partial charge in [0.1, 0.15) is 5.75 Å². The molecule has 0 amide bonds. The molecule has 0 aliphatic carbocycles. The summed E-state index contributed by atoms with van der Waals surface area (Å²) in [5.74, 6) is -0.0902. The largest absolute Gasteiger partial charge is 0.493 e.